The Morgan fingerprint density at radius 2 is 2.15 bits per heavy atom. The molecule has 1 aromatic heterocycles. The molecule has 6 heteroatoms. The largest absolute Gasteiger partial charge is 0.308 e. The highest BCUT2D eigenvalue weighted by molar-refractivity contribution is 6.31. The molecule has 104 valence electrons. The third kappa shape index (κ3) is 2.73. The van der Waals surface area contributed by atoms with Crippen LogP contribution in [0.1, 0.15) is 35.8 Å². The number of rotatable bonds is 4. The first-order chi connectivity index (χ1) is 9.67. The van der Waals surface area contributed by atoms with Crippen molar-refractivity contribution in [2.24, 2.45) is 5.84 Å². The summed E-state index contributed by atoms with van der Waals surface area (Å²) in [5.41, 5.74) is 3.89. The average molecular weight is 293 g/mol. The highest BCUT2D eigenvalue weighted by atomic mass is 35.5. The highest BCUT2D eigenvalue weighted by Gasteiger charge is 2.26. The first-order valence-corrected chi connectivity index (χ1v) is 6.82. The normalized spacial score (nSPS) is 14.3. The van der Waals surface area contributed by atoms with Crippen LogP contribution in [-0.4, -0.2) is 9.97 Å². The number of nitrogens with one attached hydrogen (secondary N) is 1. The molecule has 1 saturated carbocycles. The van der Waals surface area contributed by atoms with Crippen LogP contribution in [0.15, 0.2) is 24.3 Å². The van der Waals surface area contributed by atoms with Crippen LogP contribution in [0.25, 0.3) is 0 Å². The summed E-state index contributed by atoms with van der Waals surface area (Å²) in [4.78, 5) is 8.76. The maximum atomic E-state index is 13.8. The predicted molar refractivity (Wildman–Crippen MR) is 76.0 cm³/mol. The lowest BCUT2D eigenvalue weighted by Crippen LogP contribution is -2.12. The van der Waals surface area contributed by atoms with E-state index in [1.807, 2.05) is 6.07 Å². The van der Waals surface area contributed by atoms with Crippen molar-refractivity contribution >= 4 is 17.4 Å². The lowest BCUT2D eigenvalue weighted by molar-refractivity contribution is 0.612. The summed E-state index contributed by atoms with van der Waals surface area (Å²) < 4.78 is 13.8. The molecule has 0 unspecified atom stereocenters. The Morgan fingerprint density at radius 1 is 1.35 bits per heavy atom. The Balaban J connectivity index is 1.95. The molecular weight excluding hydrogens is 279 g/mol. The Labute approximate surface area is 121 Å². The first kappa shape index (κ1) is 13.3. The molecule has 1 heterocycles. The van der Waals surface area contributed by atoms with E-state index >= 15 is 0 Å². The topological polar surface area (TPSA) is 63.8 Å². The maximum Gasteiger partial charge on any atom is 0.143 e. The maximum absolute atomic E-state index is 13.8. The van der Waals surface area contributed by atoms with E-state index in [9.17, 15) is 4.39 Å². The van der Waals surface area contributed by atoms with Crippen LogP contribution in [0.3, 0.4) is 0 Å². The van der Waals surface area contributed by atoms with Gasteiger partial charge in [0.2, 0.25) is 0 Å². The van der Waals surface area contributed by atoms with E-state index in [0.717, 1.165) is 18.5 Å². The molecular formula is C14H14ClFN4. The van der Waals surface area contributed by atoms with Gasteiger partial charge in [-0.3, -0.25) is 0 Å². The number of nitrogens with two attached hydrogens (primary N) is 1. The molecule has 0 atom stereocenters. The van der Waals surface area contributed by atoms with E-state index in [2.05, 4.69) is 15.4 Å². The van der Waals surface area contributed by atoms with Crippen LogP contribution >= 0.6 is 11.6 Å². The number of nitrogen functional groups attached to an aromatic ring is 1. The molecule has 0 saturated heterocycles. The predicted octanol–water partition coefficient (Wildman–Crippen LogP) is 3.02. The Morgan fingerprint density at radius 3 is 2.80 bits per heavy atom. The first-order valence-electron chi connectivity index (χ1n) is 6.44. The van der Waals surface area contributed by atoms with Gasteiger partial charge in [0.15, 0.2) is 0 Å². The van der Waals surface area contributed by atoms with Crippen molar-refractivity contribution in [2.45, 2.75) is 25.2 Å². The molecule has 1 aliphatic carbocycles. The molecule has 2 aromatic rings. The van der Waals surface area contributed by atoms with Crippen LogP contribution < -0.4 is 11.3 Å². The zero-order chi connectivity index (χ0) is 14.1. The van der Waals surface area contributed by atoms with E-state index in [0.29, 0.717) is 28.1 Å². The molecule has 1 aromatic carbocycles. The monoisotopic (exact) mass is 292 g/mol. The van der Waals surface area contributed by atoms with E-state index < -0.39 is 0 Å². The minimum Gasteiger partial charge on any atom is -0.308 e. The summed E-state index contributed by atoms with van der Waals surface area (Å²) in [7, 11) is 0. The average Bonchev–Trinajstić information content (AvgIpc) is 3.27. The van der Waals surface area contributed by atoms with Crippen LogP contribution in [0.5, 0.6) is 0 Å². The fourth-order valence-corrected chi connectivity index (χ4v) is 2.35. The van der Waals surface area contributed by atoms with Gasteiger partial charge >= 0.3 is 0 Å². The van der Waals surface area contributed by atoms with Crippen molar-refractivity contribution in [3.05, 3.63) is 52.2 Å². The van der Waals surface area contributed by atoms with Gasteiger partial charge in [-0.25, -0.2) is 20.2 Å². The number of hydrogen-bond donors (Lipinski definition) is 2. The van der Waals surface area contributed by atoms with Crippen molar-refractivity contribution in [3.8, 4) is 0 Å². The fourth-order valence-electron chi connectivity index (χ4n) is 2.12. The number of anilines is 1. The minimum absolute atomic E-state index is 0.251. The SMILES string of the molecule is NNc1cc(C2CC2)nc(Cc2c(F)cccc2Cl)n1. The third-order valence-electron chi connectivity index (χ3n) is 3.33. The van der Waals surface area contributed by atoms with Crippen LogP contribution in [0.2, 0.25) is 5.02 Å². The summed E-state index contributed by atoms with van der Waals surface area (Å²) in [6.07, 6.45) is 2.50. The summed E-state index contributed by atoms with van der Waals surface area (Å²) in [5, 5.41) is 0.382. The summed E-state index contributed by atoms with van der Waals surface area (Å²) >= 11 is 6.03. The molecule has 0 spiro atoms. The zero-order valence-corrected chi connectivity index (χ0v) is 11.5. The quantitative estimate of drug-likeness (QED) is 0.671. The number of hydrazine groups is 1. The molecule has 0 radical (unpaired) electrons. The molecule has 20 heavy (non-hydrogen) atoms. The van der Waals surface area contributed by atoms with Gasteiger partial charge in [0.05, 0.1) is 0 Å². The highest BCUT2D eigenvalue weighted by Crippen LogP contribution is 2.39. The molecule has 0 aliphatic heterocycles. The second kappa shape index (κ2) is 5.34. The van der Waals surface area contributed by atoms with Gasteiger partial charge in [0.25, 0.3) is 0 Å². The summed E-state index contributed by atoms with van der Waals surface area (Å²) in [6.45, 7) is 0. The molecule has 3 N–H and O–H groups in total. The second-order valence-corrected chi connectivity index (χ2v) is 5.30. The smallest absolute Gasteiger partial charge is 0.143 e. The van der Waals surface area contributed by atoms with Gasteiger partial charge in [-0.15, -0.1) is 0 Å². The van der Waals surface area contributed by atoms with E-state index in [-0.39, 0.29) is 12.2 Å². The number of benzene rings is 1. The number of hydrogen-bond acceptors (Lipinski definition) is 4. The number of halogens is 2. The summed E-state index contributed by atoms with van der Waals surface area (Å²) in [5.74, 6) is 6.61. The van der Waals surface area contributed by atoms with Crippen molar-refractivity contribution in [3.63, 3.8) is 0 Å². The van der Waals surface area contributed by atoms with Crippen molar-refractivity contribution < 1.29 is 4.39 Å². The molecule has 4 nitrogen and oxygen atoms in total. The second-order valence-electron chi connectivity index (χ2n) is 4.89. The van der Waals surface area contributed by atoms with Gasteiger partial charge in [-0.1, -0.05) is 17.7 Å². The van der Waals surface area contributed by atoms with Gasteiger partial charge in [-0.2, -0.15) is 0 Å². The molecule has 1 fully saturated rings. The van der Waals surface area contributed by atoms with Crippen LogP contribution in [0.4, 0.5) is 10.2 Å². The van der Waals surface area contributed by atoms with Gasteiger partial charge in [0, 0.05) is 34.7 Å². The molecule has 0 amide bonds. The lowest BCUT2D eigenvalue weighted by atomic mass is 10.1. The standard InChI is InChI=1S/C14H14ClFN4/c15-10-2-1-3-11(16)9(10)6-13-18-12(8-4-5-8)7-14(19-13)20-17/h1-3,7-8H,4-6,17H2,(H,18,19,20). The van der Waals surface area contributed by atoms with Gasteiger partial charge in [0.1, 0.15) is 17.5 Å². The minimum atomic E-state index is -0.347. The summed E-state index contributed by atoms with van der Waals surface area (Å²) in [6, 6.07) is 6.46. The van der Waals surface area contributed by atoms with Crippen LogP contribution in [-0.2, 0) is 6.42 Å². The van der Waals surface area contributed by atoms with E-state index in [4.69, 9.17) is 17.4 Å². The lowest BCUT2D eigenvalue weighted by Gasteiger charge is -2.09. The Kier molecular flexibility index (Phi) is 3.54. The molecule has 1 aliphatic rings. The van der Waals surface area contributed by atoms with Crippen LogP contribution in [0, 0.1) is 5.82 Å². The Hall–Kier alpha value is -1.72. The fraction of sp³-hybridized carbons (Fsp3) is 0.286. The van der Waals surface area contributed by atoms with Gasteiger partial charge in [-0.05, 0) is 25.0 Å². The zero-order valence-electron chi connectivity index (χ0n) is 10.7. The van der Waals surface area contributed by atoms with Crippen molar-refractivity contribution in [1.82, 2.24) is 9.97 Å². The van der Waals surface area contributed by atoms with Gasteiger partial charge < -0.3 is 5.43 Å². The third-order valence-corrected chi connectivity index (χ3v) is 3.69. The molecule has 3 rings (SSSR count). The Bertz CT molecular complexity index is 623. The van der Waals surface area contributed by atoms with Crippen molar-refractivity contribution in [2.75, 3.05) is 5.43 Å². The molecule has 0 bridgehead atoms. The van der Waals surface area contributed by atoms with Crippen molar-refractivity contribution in [1.29, 1.82) is 0 Å². The van der Waals surface area contributed by atoms with E-state index in [1.165, 1.54) is 6.07 Å². The number of nitrogens with zero attached hydrogens (tertiary/aromatic N) is 2. The van der Waals surface area contributed by atoms with E-state index in [1.54, 1.807) is 12.1 Å². The number of aromatic nitrogens is 2.